The number of nitrogens with one attached hydrogen (secondary N) is 1. The molecular weight excluding hydrogens is 268 g/mol. The number of carboxylic acid groups (broad SMARTS) is 1. The van der Waals surface area contributed by atoms with Gasteiger partial charge in [-0.1, -0.05) is 26.0 Å². The zero-order valence-corrected chi connectivity index (χ0v) is 12.5. The Kier molecular flexibility index (Phi) is 4.83. The van der Waals surface area contributed by atoms with Crippen LogP contribution in [0, 0.1) is 11.8 Å². The largest absolute Gasteiger partial charge is 0.481 e. The Morgan fingerprint density at radius 1 is 1.38 bits per heavy atom. The highest BCUT2D eigenvalue weighted by Crippen LogP contribution is 2.22. The fraction of sp³-hybridized carbons (Fsp3) is 0.500. The van der Waals surface area contributed by atoms with E-state index in [4.69, 9.17) is 5.11 Å². The van der Waals surface area contributed by atoms with Crippen molar-refractivity contribution >= 4 is 17.7 Å². The molecule has 2 unspecified atom stereocenters. The Bertz CT molecular complexity index is 530. The zero-order valence-electron chi connectivity index (χ0n) is 12.5. The van der Waals surface area contributed by atoms with Crippen LogP contribution in [0.3, 0.4) is 0 Å². The lowest BCUT2D eigenvalue weighted by molar-refractivity contribution is -0.143. The minimum atomic E-state index is -0.827. The first-order chi connectivity index (χ1) is 9.99. The van der Waals surface area contributed by atoms with Crippen LogP contribution in [0.15, 0.2) is 24.3 Å². The van der Waals surface area contributed by atoms with E-state index < -0.39 is 11.9 Å². The molecule has 1 aromatic rings. The van der Waals surface area contributed by atoms with E-state index in [9.17, 15) is 9.59 Å². The molecule has 0 radical (unpaired) electrons. The fourth-order valence-corrected chi connectivity index (χ4v) is 2.77. The summed E-state index contributed by atoms with van der Waals surface area (Å²) in [6.45, 7) is 4.92. The van der Waals surface area contributed by atoms with Crippen LogP contribution < -0.4 is 5.32 Å². The number of carboxylic acids is 1. The molecule has 1 aromatic carbocycles. The lowest BCUT2D eigenvalue weighted by Gasteiger charge is -2.34. The van der Waals surface area contributed by atoms with Crippen LogP contribution in [0.2, 0.25) is 0 Å². The predicted octanol–water partition coefficient (Wildman–Crippen LogP) is 2.82. The maximum atomic E-state index is 12.3. The van der Waals surface area contributed by atoms with Gasteiger partial charge in [0.25, 0.3) is 0 Å². The highest BCUT2D eigenvalue weighted by molar-refractivity contribution is 5.89. The van der Waals surface area contributed by atoms with Crippen LogP contribution in [-0.2, 0) is 11.2 Å². The predicted molar refractivity (Wildman–Crippen MR) is 81.3 cm³/mol. The molecule has 1 aliphatic rings. The summed E-state index contributed by atoms with van der Waals surface area (Å²) >= 11 is 0. The average Bonchev–Trinajstić information content (AvgIpc) is 2.46. The maximum Gasteiger partial charge on any atom is 0.321 e. The third kappa shape index (κ3) is 3.97. The normalized spacial score (nSPS) is 21.9. The molecule has 2 rings (SSSR count). The average molecular weight is 290 g/mol. The first-order valence-electron chi connectivity index (χ1n) is 7.37. The minimum absolute atomic E-state index is 0.201. The number of aliphatic carboxylic acids is 1. The summed E-state index contributed by atoms with van der Waals surface area (Å²) in [5.41, 5.74) is 1.91. The number of piperidine rings is 1. The standard InChI is InChI=1S/C16H22N2O3/c1-3-12-5-4-6-14(8-12)17-16(21)18-9-11(2)7-13(10-18)15(19)20/h4-6,8,11,13H,3,7,9-10H2,1-2H3,(H,17,21)(H,19,20). The van der Waals surface area contributed by atoms with E-state index >= 15 is 0 Å². The number of aryl methyl sites for hydroxylation is 1. The molecule has 0 saturated carbocycles. The molecule has 0 aliphatic carbocycles. The number of amides is 2. The van der Waals surface area contributed by atoms with Crippen molar-refractivity contribution in [1.82, 2.24) is 4.90 Å². The molecule has 0 bridgehead atoms. The van der Waals surface area contributed by atoms with E-state index in [0.717, 1.165) is 17.7 Å². The van der Waals surface area contributed by atoms with E-state index in [1.54, 1.807) is 4.90 Å². The van der Waals surface area contributed by atoms with Gasteiger partial charge in [0.2, 0.25) is 0 Å². The molecule has 5 nitrogen and oxygen atoms in total. The lowest BCUT2D eigenvalue weighted by atomic mass is 9.91. The number of carbonyl (C=O) groups excluding carboxylic acids is 1. The fourth-order valence-electron chi connectivity index (χ4n) is 2.77. The van der Waals surface area contributed by atoms with Gasteiger partial charge in [-0.25, -0.2) is 4.79 Å². The molecule has 21 heavy (non-hydrogen) atoms. The molecule has 1 fully saturated rings. The summed E-state index contributed by atoms with van der Waals surface area (Å²) in [7, 11) is 0. The quantitative estimate of drug-likeness (QED) is 0.899. The van der Waals surface area contributed by atoms with Crippen molar-refractivity contribution in [1.29, 1.82) is 0 Å². The van der Waals surface area contributed by atoms with Crippen molar-refractivity contribution in [2.75, 3.05) is 18.4 Å². The van der Waals surface area contributed by atoms with Crippen molar-refractivity contribution in [2.24, 2.45) is 11.8 Å². The first kappa shape index (κ1) is 15.4. The van der Waals surface area contributed by atoms with E-state index in [0.29, 0.717) is 13.0 Å². The van der Waals surface area contributed by atoms with E-state index in [2.05, 4.69) is 12.2 Å². The molecule has 5 heteroatoms. The van der Waals surface area contributed by atoms with E-state index in [1.807, 2.05) is 31.2 Å². The van der Waals surface area contributed by atoms with Gasteiger partial charge in [-0.3, -0.25) is 4.79 Å². The van der Waals surface area contributed by atoms with Crippen molar-refractivity contribution < 1.29 is 14.7 Å². The second-order valence-corrected chi connectivity index (χ2v) is 5.77. The van der Waals surface area contributed by atoms with Crippen LogP contribution in [0.5, 0.6) is 0 Å². The molecule has 114 valence electrons. The Balaban J connectivity index is 2.03. The van der Waals surface area contributed by atoms with Crippen molar-refractivity contribution in [3.8, 4) is 0 Å². The summed E-state index contributed by atoms with van der Waals surface area (Å²) in [6, 6.07) is 7.49. The Morgan fingerprint density at radius 2 is 2.14 bits per heavy atom. The van der Waals surface area contributed by atoms with Crippen molar-refractivity contribution in [3.63, 3.8) is 0 Å². The second-order valence-electron chi connectivity index (χ2n) is 5.77. The number of likely N-dealkylation sites (tertiary alicyclic amines) is 1. The molecule has 2 atom stereocenters. The number of anilines is 1. The molecule has 1 saturated heterocycles. The lowest BCUT2D eigenvalue weighted by Crippen LogP contribution is -2.47. The Morgan fingerprint density at radius 3 is 2.81 bits per heavy atom. The molecule has 2 N–H and O–H groups in total. The van der Waals surface area contributed by atoms with E-state index in [1.165, 1.54) is 0 Å². The van der Waals surface area contributed by atoms with Gasteiger partial charge in [-0.2, -0.15) is 0 Å². The van der Waals surface area contributed by atoms with Gasteiger partial charge in [0.1, 0.15) is 0 Å². The Labute approximate surface area is 125 Å². The van der Waals surface area contributed by atoms with Crippen molar-refractivity contribution in [2.45, 2.75) is 26.7 Å². The van der Waals surface area contributed by atoms with Gasteiger partial charge < -0.3 is 15.3 Å². The monoisotopic (exact) mass is 290 g/mol. The number of urea groups is 1. The number of nitrogens with zero attached hydrogens (tertiary/aromatic N) is 1. The third-order valence-electron chi connectivity index (χ3n) is 3.88. The second kappa shape index (κ2) is 6.61. The number of carbonyl (C=O) groups is 2. The number of hydrogen-bond acceptors (Lipinski definition) is 2. The van der Waals surface area contributed by atoms with Crippen LogP contribution in [0.25, 0.3) is 0 Å². The summed E-state index contributed by atoms with van der Waals surface area (Å²) in [6.07, 6.45) is 1.54. The first-order valence-corrected chi connectivity index (χ1v) is 7.37. The Hall–Kier alpha value is -2.04. The van der Waals surface area contributed by atoms with Gasteiger partial charge >= 0.3 is 12.0 Å². The third-order valence-corrected chi connectivity index (χ3v) is 3.88. The molecule has 0 aromatic heterocycles. The number of benzene rings is 1. The zero-order chi connectivity index (χ0) is 15.4. The molecular formula is C16H22N2O3. The van der Waals surface area contributed by atoms with Crippen LogP contribution >= 0.6 is 0 Å². The summed E-state index contributed by atoms with van der Waals surface area (Å²) < 4.78 is 0. The number of hydrogen-bond donors (Lipinski definition) is 2. The van der Waals surface area contributed by atoms with E-state index in [-0.39, 0.29) is 18.5 Å². The topological polar surface area (TPSA) is 69.6 Å². The molecule has 2 amide bonds. The maximum absolute atomic E-state index is 12.3. The van der Waals surface area contributed by atoms with Crippen LogP contribution in [0.1, 0.15) is 25.8 Å². The molecule has 0 spiro atoms. The van der Waals surface area contributed by atoms with Crippen LogP contribution in [0.4, 0.5) is 10.5 Å². The van der Waals surface area contributed by atoms with Gasteiger partial charge in [0, 0.05) is 18.8 Å². The highest BCUT2D eigenvalue weighted by atomic mass is 16.4. The summed E-state index contributed by atoms with van der Waals surface area (Å²) in [5, 5.41) is 12.0. The minimum Gasteiger partial charge on any atom is -0.481 e. The smallest absolute Gasteiger partial charge is 0.321 e. The molecule has 1 aliphatic heterocycles. The highest BCUT2D eigenvalue weighted by Gasteiger charge is 2.31. The van der Waals surface area contributed by atoms with Crippen molar-refractivity contribution in [3.05, 3.63) is 29.8 Å². The summed E-state index contributed by atoms with van der Waals surface area (Å²) in [4.78, 5) is 25.1. The number of rotatable bonds is 3. The molecule has 1 heterocycles. The van der Waals surface area contributed by atoms with Gasteiger partial charge in [-0.15, -0.1) is 0 Å². The van der Waals surface area contributed by atoms with Crippen LogP contribution in [-0.4, -0.2) is 35.1 Å². The van der Waals surface area contributed by atoms with Gasteiger partial charge in [0.05, 0.1) is 5.92 Å². The van der Waals surface area contributed by atoms with Gasteiger partial charge in [-0.05, 0) is 36.5 Å². The summed E-state index contributed by atoms with van der Waals surface area (Å²) in [5.74, 6) is -1.10. The van der Waals surface area contributed by atoms with Gasteiger partial charge in [0.15, 0.2) is 0 Å². The SMILES string of the molecule is CCc1cccc(NC(=O)N2CC(C)CC(C(=O)O)C2)c1.